The zero-order valence-electron chi connectivity index (χ0n) is 8.66. The van der Waals surface area contributed by atoms with Crippen molar-refractivity contribution < 1.29 is 19.4 Å². The average Bonchev–Trinajstić information content (AvgIpc) is 2.69. The van der Waals surface area contributed by atoms with Crippen LogP contribution in [-0.2, 0) is 20.9 Å². The number of carbonyl (C=O) groups is 2. The number of hydrogen-bond donors (Lipinski definition) is 2. The van der Waals surface area contributed by atoms with Crippen LogP contribution in [0.15, 0.2) is 12.7 Å². The first-order chi connectivity index (χ1) is 7.63. The van der Waals surface area contributed by atoms with Crippen molar-refractivity contribution in [3.05, 3.63) is 12.7 Å². The van der Waals surface area contributed by atoms with Gasteiger partial charge in [-0.3, -0.25) is 4.79 Å². The van der Waals surface area contributed by atoms with E-state index in [0.717, 1.165) is 0 Å². The number of nitrogens with zero attached hydrogens (tertiary/aromatic N) is 3. The van der Waals surface area contributed by atoms with E-state index in [-0.39, 0.29) is 13.2 Å². The van der Waals surface area contributed by atoms with Crippen LogP contribution in [0.1, 0.15) is 0 Å². The molecule has 0 saturated heterocycles. The van der Waals surface area contributed by atoms with Crippen LogP contribution in [0.2, 0.25) is 0 Å². The van der Waals surface area contributed by atoms with Crippen molar-refractivity contribution in [2.45, 2.75) is 12.6 Å². The molecule has 0 aromatic carbocycles. The molecule has 0 aliphatic heterocycles. The Bertz CT molecular complexity index is 351. The van der Waals surface area contributed by atoms with Gasteiger partial charge in [-0.1, -0.05) is 0 Å². The van der Waals surface area contributed by atoms with Crippen molar-refractivity contribution in [3.63, 3.8) is 0 Å². The molecule has 1 aromatic heterocycles. The number of ether oxygens (including phenoxy) is 1. The summed E-state index contributed by atoms with van der Waals surface area (Å²) in [6.07, 6.45) is 2.66. The minimum absolute atomic E-state index is 0.0759. The number of amides is 1. The largest absolute Gasteiger partial charge is 0.480 e. The highest BCUT2D eigenvalue weighted by Crippen LogP contribution is 1.88. The van der Waals surface area contributed by atoms with Crippen molar-refractivity contribution >= 4 is 11.9 Å². The molecule has 2 N–H and O–H groups in total. The van der Waals surface area contributed by atoms with Crippen LogP contribution >= 0.6 is 0 Å². The normalized spacial score (nSPS) is 12.1. The smallest absolute Gasteiger partial charge is 0.328 e. The Morgan fingerprint density at radius 2 is 2.38 bits per heavy atom. The Labute approximate surface area is 91.2 Å². The molecule has 16 heavy (non-hydrogen) atoms. The summed E-state index contributed by atoms with van der Waals surface area (Å²) < 4.78 is 5.96. The fourth-order valence-corrected chi connectivity index (χ4v) is 1.04. The minimum atomic E-state index is -1.14. The monoisotopic (exact) mass is 228 g/mol. The van der Waals surface area contributed by atoms with E-state index in [1.54, 1.807) is 0 Å². The number of carboxylic acids is 1. The van der Waals surface area contributed by atoms with Crippen LogP contribution in [0.3, 0.4) is 0 Å². The van der Waals surface area contributed by atoms with Gasteiger partial charge in [-0.25, -0.2) is 14.5 Å². The van der Waals surface area contributed by atoms with Gasteiger partial charge in [-0.2, -0.15) is 5.10 Å². The highest BCUT2D eigenvalue weighted by molar-refractivity contribution is 5.83. The molecule has 1 amide bonds. The first kappa shape index (κ1) is 12.1. The van der Waals surface area contributed by atoms with Gasteiger partial charge in [0.05, 0.1) is 6.61 Å². The van der Waals surface area contributed by atoms with Crippen molar-refractivity contribution in [1.82, 2.24) is 20.1 Å². The molecule has 0 saturated carbocycles. The van der Waals surface area contributed by atoms with E-state index in [2.05, 4.69) is 20.1 Å². The van der Waals surface area contributed by atoms with Crippen LogP contribution in [0.4, 0.5) is 0 Å². The lowest BCUT2D eigenvalue weighted by Crippen LogP contribution is -2.45. The van der Waals surface area contributed by atoms with E-state index in [4.69, 9.17) is 5.11 Å². The molecule has 8 nitrogen and oxygen atoms in total. The van der Waals surface area contributed by atoms with E-state index in [0.29, 0.717) is 0 Å². The molecule has 0 aliphatic rings. The Morgan fingerprint density at radius 3 is 2.88 bits per heavy atom. The van der Waals surface area contributed by atoms with Gasteiger partial charge in [0, 0.05) is 7.11 Å². The van der Waals surface area contributed by atoms with Crippen LogP contribution in [0.5, 0.6) is 0 Å². The highest BCUT2D eigenvalue weighted by Gasteiger charge is 2.19. The summed E-state index contributed by atoms with van der Waals surface area (Å²) in [5, 5.41) is 14.8. The molecular weight excluding hydrogens is 216 g/mol. The number of carboxylic acid groups (broad SMARTS) is 1. The summed E-state index contributed by atoms with van der Waals surface area (Å²) >= 11 is 0. The second kappa shape index (κ2) is 5.81. The summed E-state index contributed by atoms with van der Waals surface area (Å²) in [6.45, 7) is -0.161. The predicted octanol–water partition coefficient (Wildman–Crippen LogP) is -1.51. The topological polar surface area (TPSA) is 106 Å². The predicted molar refractivity (Wildman–Crippen MR) is 51.5 cm³/mol. The zero-order valence-corrected chi connectivity index (χ0v) is 8.66. The SMILES string of the molecule is COCC(NC(=O)Cn1cncn1)C(=O)O. The molecule has 1 atom stereocenters. The van der Waals surface area contributed by atoms with E-state index >= 15 is 0 Å². The Balaban J connectivity index is 2.45. The Kier molecular flexibility index (Phi) is 4.40. The van der Waals surface area contributed by atoms with Gasteiger partial charge in [-0.15, -0.1) is 0 Å². The van der Waals surface area contributed by atoms with Gasteiger partial charge in [0.25, 0.3) is 0 Å². The van der Waals surface area contributed by atoms with Gasteiger partial charge in [0.2, 0.25) is 5.91 Å². The second-order valence-corrected chi connectivity index (χ2v) is 3.01. The standard InChI is InChI=1S/C8H12N4O4/c1-16-3-6(8(14)15)11-7(13)2-12-5-9-4-10-12/h4-6H,2-3H2,1H3,(H,11,13)(H,14,15). The molecule has 0 spiro atoms. The third-order valence-corrected chi connectivity index (χ3v) is 1.74. The third kappa shape index (κ3) is 3.65. The lowest BCUT2D eigenvalue weighted by molar-refractivity contribution is -0.143. The molecule has 0 radical (unpaired) electrons. The van der Waals surface area contributed by atoms with E-state index in [1.165, 1.54) is 24.4 Å². The molecule has 1 aromatic rings. The second-order valence-electron chi connectivity index (χ2n) is 3.01. The van der Waals surface area contributed by atoms with Crippen LogP contribution < -0.4 is 5.32 Å². The summed E-state index contributed by atoms with van der Waals surface area (Å²) in [5.41, 5.74) is 0. The molecule has 1 heterocycles. The number of carbonyl (C=O) groups excluding carboxylic acids is 1. The highest BCUT2D eigenvalue weighted by atomic mass is 16.5. The lowest BCUT2D eigenvalue weighted by Gasteiger charge is -2.13. The maximum Gasteiger partial charge on any atom is 0.328 e. The fraction of sp³-hybridized carbons (Fsp3) is 0.500. The van der Waals surface area contributed by atoms with Crippen LogP contribution in [0, 0.1) is 0 Å². The van der Waals surface area contributed by atoms with Crippen molar-refractivity contribution in [2.24, 2.45) is 0 Å². The number of methoxy groups -OCH3 is 1. The molecule has 88 valence electrons. The summed E-state index contributed by atoms with van der Waals surface area (Å²) in [4.78, 5) is 25.7. The molecule has 8 heteroatoms. The third-order valence-electron chi connectivity index (χ3n) is 1.74. The quantitative estimate of drug-likeness (QED) is 0.613. The van der Waals surface area contributed by atoms with Crippen molar-refractivity contribution in [2.75, 3.05) is 13.7 Å². The zero-order chi connectivity index (χ0) is 12.0. The number of aromatic nitrogens is 3. The first-order valence-corrected chi connectivity index (χ1v) is 4.47. The van der Waals surface area contributed by atoms with Crippen molar-refractivity contribution in [3.8, 4) is 0 Å². The summed E-state index contributed by atoms with van der Waals surface area (Å²) in [5.74, 6) is -1.61. The first-order valence-electron chi connectivity index (χ1n) is 4.47. The Morgan fingerprint density at radius 1 is 1.62 bits per heavy atom. The lowest BCUT2D eigenvalue weighted by atomic mass is 10.3. The van der Waals surface area contributed by atoms with Gasteiger partial charge < -0.3 is 15.2 Å². The van der Waals surface area contributed by atoms with E-state index < -0.39 is 17.9 Å². The maximum atomic E-state index is 11.4. The van der Waals surface area contributed by atoms with Crippen molar-refractivity contribution in [1.29, 1.82) is 0 Å². The van der Waals surface area contributed by atoms with Gasteiger partial charge in [0.15, 0.2) is 6.04 Å². The van der Waals surface area contributed by atoms with Crippen LogP contribution in [-0.4, -0.2) is 51.5 Å². The molecule has 1 rings (SSSR count). The number of rotatable bonds is 6. The van der Waals surface area contributed by atoms with Gasteiger partial charge >= 0.3 is 5.97 Å². The number of aliphatic carboxylic acids is 1. The number of nitrogens with one attached hydrogen (secondary N) is 1. The summed E-state index contributed by atoms with van der Waals surface area (Å²) in [7, 11) is 1.36. The average molecular weight is 228 g/mol. The molecule has 0 fully saturated rings. The number of hydrogen-bond acceptors (Lipinski definition) is 5. The van der Waals surface area contributed by atoms with E-state index in [9.17, 15) is 9.59 Å². The molecular formula is C8H12N4O4. The van der Waals surface area contributed by atoms with E-state index in [1.807, 2.05) is 0 Å². The van der Waals surface area contributed by atoms with Gasteiger partial charge in [0.1, 0.15) is 19.2 Å². The molecule has 0 bridgehead atoms. The maximum absolute atomic E-state index is 11.4. The Hall–Kier alpha value is -1.96. The molecule has 1 unspecified atom stereocenters. The summed E-state index contributed by atoms with van der Waals surface area (Å²) in [6, 6.07) is -1.05. The van der Waals surface area contributed by atoms with Crippen LogP contribution in [0.25, 0.3) is 0 Å². The fourth-order valence-electron chi connectivity index (χ4n) is 1.04. The minimum Gasteiger partial charge on any atom is -0.480 e. The molecule has 0 aliphatic carbocycles. The van der Waals surface area contributed by atoms with Gasteiger partial charge in [-0.05, 0) is 0 Å².